The molecule has 0 saturated carbocycles. The van der Waals surface area contributed by atoms with Crippen molar-refractivity contribution < 1.29 is 45.5 Å². The number of alkyl halides is 3. The fraction of sp³-hybridized carbons (Fsp3) is 0.963. The maximum Gasteiger partial charge on any atom is 0.471 e. The molecule has 2 aliphatic rings. The van der Waals surface area contributed by atoms with Gasteiger partial charge < -0.3 is 32.8 Å². The van der Waals surface area contributed by atoms with Gasteiger partial charge in [-0.3, -0.25) is 4.79 Å². The molecule has 2 rings (SSSR count). The number of methoxy groups -OCH3 is 1. The average molecular weight is 616 g/mol. The molecule has 5 atom stereocenters. The minimum absolute atomic E-state index is 0.123. The smallest absolute Gasteiger partial charge is 0.408 e. The molecule has 1 amide bonds. The van der Waals surface area contributed by atoms with Gasteiger partial charge in [0.25, 0.3) is 0 Å². The van der Waals surface area contributed by atoms with E-state index in [-0.39, 0.29) is 30.0 Å². The maximum atomic E-state index is 13.6. The van der Waals surface area contributed by atoms with Crippen molar-refractivity contribution in [2.24, 2.45) is 0 Å². The molecule has 40 heavy (non-hydrogen) atoms. The molecule has 0 aromatic heterocycles. The first kappa shape index (κ1) is 35.6. The SMILES string of the molecule is COCO[C@H]1O[C@@H]2CO[Si](C(C)(C)C)(C(C)(C)C)O[C@H]2[C@H](O[Si](C(C)C)(C(C)C)C(C)C)[C@@H]1NC(=O)C(F)(F)F. The van der Waals surface area contributed by atoms with E-state index in [2.05, 4.69) is 88.4 Å². The van der Waals surface area contributed by atoms with Crippen molar-refractivity contribution in [3.8, 4) is 0 Å². The van der Waals surface area contributed by atoms with Crippen LogP contribution in [-0.4, -0.2) is 80.1 Å². The van der Waals surface area contributed by atoms with E-state index < -0.39 is 69.7 Å². The van der Waals surface area contributed by atoms with Gasteiger partial charge in [0.15, 0.2) is 6.29 Å². The molecule has 13 heteroatoms. The fourth-order valence-corrected chi connectivity index (χ4v) is 17.5. The Morgan fingerprint density at radius 3 is 1.88 bits per heavy atom. The van der Waals surface area contributed by atoms with Crippen LogP contribution < -0.4 is 5.32 Å². The van der Waals surface area contributed by atoms with Crippen molar-refractivity contribution in [3.63, 3.8) is 0 Å². The Balaban J connectivity index is 2.78. The van der Waals surface area contributed by atoms with Gasteiger partial charge in [0.05, 0.1) is 12.7 Å². The number of rotatable bonds is 9. The highest BCUT2D eigenvalue weighted by Crippen LogP contribution is 2.56. The molecule has 0 aromatic rings. The first-order chi connectivity index (χ1) is 18.1. The Labute approximate surface area is 240 Å². The number of carbonyl (C=O) groups is 1. The third-order valence-electron chi connectivity index (χ3n) is 8.33. The minimum atomic E-state index is -5.11. The van der Waals surface area contributed by atoms with Crippen LogP contribution in [0.15, 0.2) is 0 Å². The molecule has 2 fully saturated rings. The summed E-state index contributed by atoms with van der Waals surface area (Å²) in [6.45, 7) is 24.9. The topological polar surface area (TPSA) is 84.5 Å². The van der Waals surface area contributed by atoms with Crippen molar-refractivity contribution >= 4 is 22.8 Å². The number of nitrogens with one attached hydrogen (secondary N) is 1. The van der Waals surface area contributed by atoms with E-state index in [9.17, 15) is 18.0 Å². The third kappa shape index (κ3) is 6.82. The number of fused-ring (bicyclic) bond motifs is 1. The Morgan fingerprint density at radius 1 is 0.975 bits per heavy atom. The van der Waals surface area contributed by atoms with Crippen LogP contribution >= 0.6 is 0 Å². The molecule has 0 aliphatic carbocycles. The van der Waals surface area contributed by atoms with E-state index in [1.54, 1.807) is 0 Å². The third-order valence-corrected chi connectivity index (χ3v) is 19.5. The largest absolute Gasteiger partial charge is 0.471 e. The lowest BCUT2D eigenvalue weighted by Gasteiger charge is -2.59. The summed E-state index contributed by atoms with van der Waals surface area (Å²) in [7, 11) is -4.40. The number of hydrogen-bond acceptors (Lipinski definition) is 7. The monoisotopic (exact) mass is 615 g/mol. The van der Waals surface area contributed by atoms with Gasteiger partial charge in [-0.15, -0.1) is 0 Å². The van der Waals surface area contributed by atoms with Gasteiger partial charge >= 0.3 is 20.6 Å². The van der Waals surface area contributed by atoms with Gasteiger partial charge in [-0.25, -0.2) is 0 Å². The van der Waals surface area contributed by atoms with Crippen molar-refractivity contribution in [2.75, 3.05) is 20.5 Å². The van der Waals surface area contributed by atoms with Gasteiger partial charge in [-0.1, -0.05) is 83.1 Å². The number of carbonyl (C=O) groups excluding carboxylic acids is 1. The zero-order valence-electron chi connectivity index (χ0n) is 26.5. The average Bonchev–Trinajstić information content (AvgIpc) is 2.78. The van der Waals surface area contributed by atoms with Gasteiger partial charge in [0.1, 0.15) is 25.0 Å². The van der Waals surface area contributed by atoms with Crippen LogP contribution in [0.4, 0.5) is 13.2 Å². The molecule has 0 unspecified atom stereocenters. The number of halogens is 3. The molecule has 0 spiro atoms. The van der Waals surface area contributed by atoms with E-state index in [1.165, 1.54) is 7.11 Å². The van der Waals surface area contributed by atoms with Gasteiger partial charge in [-0.05, 0) is 16.6 Å². The van der Waals surface area contributed by atoms with E-state index in [4.69, 9.17) is 27.5 Å². The summed E-state index contributed by atoms with van der Waals surface area (Å²) in [6, 6.07) is -1.31. The van der Waals surface area contributed by atoms with E-state index >= 15 is 0 Å². The summed E-state index contributed by atoms with van der Waals surface area (Å²) >= 11 is 0. The molecule has 2 aliphatic heterocycles. The van der Waals surface area contributed by atoms with Crippen molar-refractivity contribution in [1.29, 1.82) is 0 Å². The molecular weight excluding hydrogens is 563 g/mol. The van der Waals surface area contributed by atoms with Crippen LogP contribution in [0, 0.1) is 0 Å². The zero-order chi connectivity index (χ0) is 31.1. The predicted octanol–water partition coefficient (Wildman–Crippen LogP) is 6.40. The van der Waals surface area contributed by atoms with Crippen LogP contribution in [0.1, 0.15) is 83.1 Å². The van der Waals surface area contributed by atoms with Crippen molar-refractivity contribution in [1.82, 2.24) is 5.32 Å². The van der Waals surface area contributed by atoms with Gasteiger partial charge in [0.2, 0.25) is 8.32 Å². The van der Waals surface area contributed by atoms with Gasteiger partial charge in [-0.2, -0.15) is 13.2 Å². The summed E-state index contributed by atoms with van der Waals surface area (Å²) in [5.74, 6) is -2.09. The molecule has 2 saturated heterocycles. The molecule has 0 radical (unpaired) electrons. The predicted molar refractivity (Wildman–Crippen MR) is 152 cm³/mol. The lowest BCUT2D eigenvalue weighted by Crippen LogP contribution is -2.75. The normalized spacial score (nSPS) is 28.2. The van der Waals surface area contributed by atoms with Gasteiger partial charge in [0, 0.05) is 17.2 Å². The highest BCUT2D eigenvalue weighted by molar-refractivity contribution is 6.77. The van der Waals surface area contributed by atoms with Crippen LogP contribution in [0.5, 0.6) is 0 Å². The fourth-order valence-electron chi connectivity index (χ4n) is 6.96. The molecule has 0 bridgehead atoms. The number of ether oxygens (including phenoxy) is 3. The van der Waals surface area contributed by atoms with Crippen LogP contribution in [-0.2, 0) is 32.3 Å². The summed E-state index contributed by atoms with van der Waals surface area (Å²) in [6.07, 6.45) is -8.84. The Bertz CT molecular complexity index is 823. The zero-order valence-corrected chi connectivity index (χ0v) is 28.5. The molecule has 1 N–H and O–H groups in total. The Hall–Kier alpha value is -0.546. The lowest BCUT2D eigenvalue weighted by atomic mass is 9.97. The molecule has 2 heterocycles. The quantitative estimate of drug-likeness (QED) is 0.237. The van der Waals surface area contributed by atoms with E-state index in [0.717, 1.165) is 0 Å². The lowest BCUT2D eigenvalue weighted by molar-refractivity contribution is -0.294. The summed E-state index contributed by atoms with van der Waals surface area (Å²) in [4.78, 5) is 12.4. The maximum absolute atomic E-state index is 13.6. The first-order valence-corrected chi connectivity index (χ1v) is 18.2. The van der Waals surface area contributed by atoms with Crippen molar-refractivity contribution in [3.05, 3.63) is 0 Å². The second kappa shape index (κ2) is 12.6. The van der Waals surface area contributed by atoms with E-state index in [1.807, 2.05) is 0 Å². The van der Waals surface area contributed by atoms with Crippen molar-refractivity contribution in [2.45, 2.75) is 147 Å². The minimum Gasteiger partial charge on any atom is -0.408 e. The molecule has 8 nitrogen and oxygen atoms in total. The molecule has 0 aromatic carbocycles. The first-order valence-electron chi connectivity index (χ1n) is 14.2. The van der Waals surface area contributed by atoms with Crippen LogP contribution in [0.3, 0.4) is 0 Å². The second-order valence-electron chi connectivity index (χ2n) is 14.0. The van der Waals surface area contributed by atoms with Crippen LogP contribution in [0.2, 0.25) is 26.7 Å². The Morgan fingerprint density at radius 2 is 1.48 bits per heavy atom. The highest BCUT2D eigenvalue weighted by atomic mass is 28.4. The summed E-state index contributed by atoms with van der Waals surface area (Å²) in [5, 5.41) is 1.38. The summed E-state index contributed by atoms with van der Waals surface area (Å²) < 4.78 is 78.6. The van der Waals surface area contributed by atoms with E-state index in [0.29, 0.717) is 0 Å². The standard InChI is InChI=1S/C27H52F3NO7Si2/c1-16(2)39(17(3)4,18(5)6)37-22-20(31-24(32)27(28,29)30)23(34-15-33-13)36-19-14-35-40(25(7,8)9,26(10,11)12)38-21(19)22/h16-23H,14-15H2,1-13H3,(H,31,32)/t19-,20+,21-,22-,23+/m1/s1. The summed E-state index contributed by atoms with van der Waals surface area (Å²) in [5.41, 5.74) is 0.370. The second-order valence-corrected chi connectivity index (χ2v) is 24.2. The number of hydrogen-bond donors (Lipinski definition) is 1. The Kier molecular flexibility index (Phi) is 11.2. The highest BCUT2D eigenvalue weighted by Gasteiger charge is 2.66. The number of amides is 1. The molecular formula is C27H52F3NO7Si2. The van der Waals surface area contributed by atoms with Crippen LogP contribution in [0.25, 0.3) is 0 Å². The molecule has 236 valence electrons.